The average molecular weight is 343 g/mol. The predicted molar refractivity (Wildman–Crippen MR) is 90.9 cm³/mol. The van der Waals surface area contributed by atoms with Gasteiger partial charge in [-0.25, -0.2) is 4.39 Å². The van der Waals surface area contributed by atoms with Crippen LogP contribution in [0.2, 0.25) is 0 Å². The van der Waals surface area contributed by atoms with E-state index in [1.54, 1.807) is 24.1 Å². The molecule has 0 bridgehead atoms. The summed E-state index contributed by atoms with van der Waals surface area (Å²) in [6.07, 6.45) is 4.31. The predicted octanol–water partition coefficient (Wildman–Crippen LogP) is 3.00. The minimum Gasteiger partial charge on any atom is -0.494 e. The van der Waals surface area contributed by atoms with E-state index < -0.39 is 5.82 Å². The zero-order valence-electron chi connectivity index (χ0n) is 13.6. The van der Waals surface area contributed by atoms with Crippen LogP contribution in [0.4, 0.5) is 10.1 Å². The molecular formula is C17H24ClFN2O2. The van der Waals surface area contributed by atoms with E-state index >= 15 is 0 Å². The highest BCUT2D eigenvalue weighted by Crippen LogP contribution is 2.45. The molecule has 3 rings (SSSR count). The first-order chi connectivity index (χ1) is 10.6. The molecule has 2 fully saturated rings. The lowest BCUT2D eigenvalue weighted by atomic mass is 9.67. The molecule has 0 unspecified atom stereocenters. The Morgan fingerprint density at radius 3 is 2.91 bits per heavy atom. The normalized spacial score (nSPS) is 26.1. The van der Waals surface area contributed by atoms with Crippen LogP contribution < -0.4 is 15.0 Å². The topological polar surface area (TPSA) is 41.6 Å². The summed E-state index contributed by atoms with van der Waals surface area (Å²) >= 11 is 0. The summed E-state index contributed by atoms with van der Waals surface area (Å²) in [5.74, 6) is 0.258. The van der Waals surface area contributed by atoms with Crippen LogP contribution in [0.1, 0.15) is 25.7 Å². The number of benzene rings is 1. The fourth-order valence-corrected chi connectivity index (χ4v) is 3.98. The van der Waals surface area contributed by atoms with Gasteiger partial charge in [0.15, 0.2) is 11.6 Å². The Morgan fingerprint density at radius 2 is 2.22 bits per heavy atom. The molecule has 1 aromatic rings. The minimum atomic E-state index is -0.443. The van der Waals surface area contributed by atoms with Crippen LogP contribution in [-0.4, -0.2) is 33.2 Å². The summed E-state index contributed by atoms with van der Waals surface area (Å²) in [6, 6.07) is 4.67. The Morgan fingerprint density at radius 1 is 1.43 bits per heavy atom. The third-order valence-electron chi connectivity index (χ3n) is 5.29. The molecule has 4 nitrogen and oxygen atoms in total. The summed E-state index contributed by atoms with van der Waals surface area (Å²) < 4.78 is 18.8. The third kappa shape index (κ3) is 3.04. The quantitative estimate of drug-likeness (QED) is 0.918. The maximum absolute atomic E-state index is 13.9. The molecule has 1 aromatic carbocycles. The molecule has 23 heavy (non-hydrogen) atoms. The smallest absolute Gasteiger partial charge is 0.234 e. The second-order valence-corrected chi connectivity index (χ2v) is 6.41. The largest absolute Gasteiger partial charge is 0.494 e. The van der Waals surface area contributed by atoms with E-state index in [9.17, 15) is 9.18 Å². The van der Waals surface area contributed by atoms with Crippen molar-refractivity contribution in [3.63, 3.8) is 0 Å². The Labute approximate surface area is 142 Å². The number of hydrogen-bond donors (Lipinski definition) is 1. The van der Waals surface area contributed by atoms with Gasteiger partial charge in [-0.2, -0.15) is 0 Å². The maximum atomic E-state index is 13.9. The van der Waals surface area contributed by atoms with E-state index in [2.05, 4.69) is 5.32 Å². The van der Waals surface area contributed by atoms with Gasteiger partial charge >= 0.3 is 0 Å². The van der Waals surface area contributed by atoms with Crippen molar-refractivity contribution in [2.75, 3.05) is 32.1 Å². The number of carbonyl (C=O) groups is 1. The van der Waals surface area contributed by atoms with Crippen molar-refractivity contribution in [1.82, 2.24) is 5.32 Å². The van der Waals surface area contributed by atoms with Gasteiger partial charge in [-0.1, -0.05) is 12.8 Å². The van der Waals surface area contributed by atoms with Crippen LogP contribution >= 0.6 is 12.4 Å². The van der Waals surface area contributed by atoms with Gasteiger partial charge in [-0.15, -0.1) is 12.4 Å². The van der Waals surface area contributed by atoms with Gasteiger partial charge in [0, 0.05) is 25.3 Å². The number of ether oxygens (including phenoxy) is 1. The van der Waals surface area contributed by atoms with Crippen molar-refractivity contribution in [1.29, 1.82) is 0 Å². The highest BCUT2D eigenvalue weighted by atomic mass is 35.5. The van der Waals surface area contributed by atoms with Gasteiger partial charge in [0.2, 0.25) is 5.91 Å². The maximum Gasteiger partial charge on any atom is 0.234 e. The van der Waals surface area contributed by atoms with Crippen molar-refractivity contribution in [3.8, 4) is 5.75 Å². The number of methoxy groups -OCH3 is 1. The minimum absolute atomic E-state index is 0. The number of nitrogens with zero attached hydrogens (tertiary/aromatic N) is 1. The monoisotopic (exact) mass is 342 g/mol. The molecule has 2 atom stereocenters. The van der Waals surface area contributed by atoms with Crippen LogP contribution in [-0.2, 0) is 4.79 Å². The molecular weight excluding hydrogens is 319 g/mol. The molecule has 0 aromatic heterocycles. The van der Waals surface area contributed by atoms with E-state index in [-0.39, 0.29) is 29.5 Å². The number of halogens is 2. The van der Waals surface area contributed by atoms with Gasteiger partial charge in [0.1, 0.15) is 0 Å². The van der Waals surface area contributed by atoms with Gasteiger partial charge in [0.05, 0.1) is 12.5 Å². The summed E-state index contributed by atoms with van der Waals surface area (Å²) in [6.45, 7) is 1.65. The molecule has 0 radical (unpaired) electrons. The summed E-state index contributed by atoms with van der Waals surface area (Å²) in [5.41, 5.74) is 0.262. The molecule has 1 amide bonds. The van der Waals surface area contributed by atoms with Crippen molar-refractivity contribution >= 4 is 24.0 Å². The molecule has 0 spiro atoms. The highest BCUT2D eigenvalue weighted by Gasteiger charge is 2.51. The van der Waals surface area contributed by atoms with E-state index in [1.807, 2.05) is 0 Å². The highest BCUT2D eigenvalue weighted by molar-refractivity contribution is 5.98. The second kappa shape index (κ2) is 7.05. The van der Waals surface area contributed by atoms with Crippen molar-refractivity contribution in [2.24, 2.45) is 11.3 Å². The Balaban J connectivity index is 0.00000192. The molecule has 1 aliphatic heterocycles. The number of anilines is 1. The van der Waals surface area contributed by atoms with Crippen LogP contribution in [0, 0.1) is 17.2 Å². The van der Waals surface area contributed by atoms with Gasteiger partial charge in [-0.05, 0) is 37.4 Å². The summed E-state index contributed by atoms with van der Waals surface area (Å²) in [4.78, 5) is 14.7. The van der Waals surface area contributed by atoms with Crippen LogP contribution in [0.5, 0.6) is 5.75 Å². The van der Waals surface area contributed by atoms with E-state index in [0.29, 0.717) is 11.6 Å². The lowest BCUT2D eigenvalue weighted by molar-refractivity contribution is -0.130. The van der Waals surface area contributed by atoms with Crippen LogP contribution in [0.25, 0.3) is 0 Å². The number of carbonyl (C=O) groups excluding carboxylic acids is 1. The van der Waals surface area contributed by atoms with Crippen molar-refractivity contribution < 1.29 is 13.9 Å². The fourth-order valence-electron chi connectivity index (χ4n) is 3.98. The first kappa shape index (κ1) is 18.0. The molecule has 6 heteroatoms. The number of rotatable bonds is 3. The Hall–Kier alpha value is -1.33. The third-order valence-corrected chi connectivity index (χ3v) is 5.29. The van der Waals surface area contributed by atoms with Gasteiger partial charge < -0.3 is 15.0 Å². The zero-order valence-corrected chi connectivity index (χ0v) is 14.4. The summed E-state index contributed by atoms with van der Waals surface area (Å²) in [7, 11) is 3.17. The SMILES string of the molecule is COc1ccc(N(C)C(=O)[C@@]23CCCC[C@H]2CNC3)cc1F.Cl. The molecule has 2 aliphatic rings. The molecule has 1 aliphatic carbocycles. The first-order valence-corrected chi connectivity index (χ1v) is 7.91. The van der Waals surface area contributed by atoms with Crippen LogP contribution in [0.15, 0.2) is 18.2 Å². The lowest BCUT2D eigenvalue weighted by Gasteiger charge is -2.39. The van der Waals surface area contributed by atoms with E-state index in [1.165, 1.54) is 19.6 Å². The molecule has 128 valence electrons. The number of hydrogen-bond acceptors (Lipinski definition) is 3. The zero-order chi connectivity index (χ0) is 15.7. The number of fused-ring (bicyclic) bond motifs is 1. The molecule has 1 saturated heterocycles. The molecule has 1 saturated carbocycles. The number of amides is 1. The van der Waals surface area contributed by atoms with Gasteiger partial charge in [-0.3, -0.25) is 4.79 Å². The second-order valence-electron chi connectivity index (χ2n) is 6.41. The average Bonchev–Trinajstić information content (AvgIpc) is 2.98. The molecule has 1 N–H and O–H groups in total. The Kier molecular flexibility index (Phi) is 5.53. The number of nitrogens with one attached hydrogen (secondary N) is 1. The standard InChI is InChI=1S/C17H23FN2O2.ClH/c1-20(13-6-7-15(22-2)14(18)9-13)16(21)17-8-4-3-5-12(17)10-19-11-17;/h6-7,9,12,19H,3-5,8,10-11H2,1-2H3;1H/t12-,17+;/m0./s1. The molecule has 1 heterocycles. The summed E-state index contributed by atoms with van der Waals surface area (Å²) in [5, 5.41) is 3.38. The van der Waals surface area contributed by atoms with E-state index in [0.717, 1.165) is 32.4 Å². The van der Waals surface area contributed by atoms with Crippen LogP contribution in [0.3, 0.4) is 0 Å². The first-order valence-electron chi connectivity index (χ1n) is 7.91. The van der Waals surface area contributed by atoms with Gasteiger partial charge in [0.25, 0.3) is 0 Å². The fraction of sp³-hybridized carbons (Fsp3) is 0.588. The van der Waals surface area contributed by atoms with Crippen molar-refractivity contribution in [2.45, 2.75) is 25.7 Å². The lowest BCUT2D eigenvalue weighted by Crippen LogP contribution is -2.48. The van der Waals surface area contributed by atoms with E-state index in [4.69, 9.17) is 4.74 Å². The van der Waals surface area contributed by atoms with Crippen molar-refractivity contribution in [3.05, 3.63) is 24.0 Å². The Bertz CT molecular complexity index is 584.